The molecule has 1 aromatic rings. The minimum Gasteiger partial charge on any atom is -0.436 e. The number of carbonyl (C=O) groups excluding carboxylic acids is 1. The summed E-state index contributed by atoms with van der Waals surface area (Å²) < 4.78 is 5.41. The van der Waals surface area contributed by atoms with Gasteiger partial charge in [-0.2, -0.15) is 0 Å². The molecule has 1 amide bonds. The molecule has 2 aliphatic heterocycles. The van der Waals surface area contributed by atoms with Crippen molar-refractivity contribution in [3.05, 3.63) is 17.3 Å². The Morgan fingerprint density at radius 3 is 3.00 bits per heavy atom. The molecule has 0 spiro atoms. The van der Waals surface area contributed by atoms with Crippen molar-refractivity contribution in [2.24, 2.45) is 5.92 Å². The van der Waals surface area contributed by atoms with Crippen molar-refractivity contribution in [1.82, 2.24) is 15.2 Å². The summed E-state index contributed by atoms with van der Waals surface area (Å²) in [5.74, 6) is 1.59. The Kier molecular flexibility index (Phi) is 2.43. The Labute approximate surface area is 100 Å². The van der Waals surface area contributed by atoms with E-state index in [2.05, 4.69) is 10.3 Å². The monoisotopic (exact) mass is 235 g/mol. The average Bonchev–Trinajstić information content (AvgIpc) is 2.91. The van der Waals surface area contributed by atoms with Crippen molar-refractivity contribution >= 4 is 5.91 Å². The lowest BCUT2D eigenvalue weighted by atomic mass is 10.1. The van der Waals surface area contributed by atoms with Crippen molar-refractivity contribution in [3.8, 4) is 0 Å². The zero-order valence-corrected chi connectivity index (χ0v) is 10.2. The molecule has 0 aliphatic carbocycles. The van der Waals surface area contributed by atoms with Crippen molar-refractivity contribution in [2.45, 2.75) is 26.3 Å². The molecule has 0 radical (unpaired) electrons. The van der Waals surface area contributed by atoms with Gasteiger partial charge in [-0.3, -0.25) is 4.79 Å². The molecule has 1 N–H and O–H groups in total. The van der Waals surface area contributed by atoms with E-state index >= 15 is 0 Å². The van der Waals surface area contributed by atoms with Crippen LogP contribution >= 0.6 is 0 Å². The predicted octanol–water partition coefficient (Wildman–Crippen LogP) is 0.725. The second-order valence-electron chi connectivity index (χ2n) is 4.92. The lowest BCUT2D eigenvalue weighted by Crippen LogP contribution is -2.39. The quantitative estimate of drug-likeness (QED) is 0.779. The van der Waals surface area contributed by atoms with Crippen molar-refractivity contribution in [3.63, 3.8) is 0 Å². The van der Waals surface area contributed by atoms with E-state index in [9.17, 15) is 4.79 Å². The van der Waals surface area contributed by atoms with Crippen LogP contribution in [-0.2, 0) is 0 Å². The number of hydrogen-bond acceptors (Lipinski definition) is 4. The highest BCUT2D eigenvalue weighted by molar-refractivity contribution is 5.93. The van der Waals surface area contributed by atoms with E-state index in [4.69, 9.17) is 4.42 Å². The molecule has 3 heterocycles. The molecule has 1 aromatic heterocycles. The van der Waals surface area contributed by atoms with E-state index in [0.29, 0.717) is 29.3 Å². The summed E-state index contributed by atoms with van der Waals surface area (Å²) in [5, 5.41) is 3.34. The molecule has 0 saturated carbocycles. The maximum atomic E-state index is 12.4. The molecule has 3 rings (SSSR count). The third-order valence-electron chi connectivity index (χ3n) is 3.80. The second kappa shape index (κ2) is 3.84. The first-order valence-electron chi connectivity index (χ1n) is 6.12. The number of hydrogen-bond donors (Lipinski definition) is 1. The molecule has 2 aliphatic rings. The molecular weight excluding hydrogens is 218 g/mol. The Morgan fingerprint density at radius 2 is 2.29 bits per heavy atom. The van der Waals surface area contributed by atoms with Gasteiger partial charge < -0.3 is 14.6 Å². The maximum absolute atomic E-state index is 12.4. The fourth-order valence-corrected chi connectivity index (χ4v) is 2.96. The van der Waals surface area contributed by atoms with Gasteiger partial charge in [-0.1, -0.05) is 0 Å². The van der Waals surface area contributed by atoms with E-state index in [-0.39, 0.29) is 5.91 Å². The first-order valence-corrected chi connectivity index (χ1v) is 6.12. The van der Waals surface area contributed by atoms with Crippen LogP contribution in [0.2, 0.25) is 0 Å². The summed E-state index contributed by atoms with van der Waals surface area (Å²) in [6.07, 6.45) is 1.09. The van der Waals surface area contributed by atoms with Gasteiger partial charge in [-0.25, -0.2) is 4.98 Å². The normalized spacial score (nSPS) is 27.5. The molecule has 0 unspecified atom stereocenters. The molecule has 0 bridgehead atoms. The number of aromatic nitrogens is 1. The number of amides is 1. The molecular formula is C12H17N3O2. The van der Waals surface area contributed by atoms with Crippen molar-refractivity contribution in [1.29, 1.82) is 0 Å². The highest BCUT2D eigenvalue weighted by atomic mass is 16.4. The topological polar surface area (TPSA) is 58.4 Å². The number of rotatable bonds is 1. The minimum absolute atomic E-state index is 0.000648. The van der Waals surface area contributed by atoms with Gasteiger partial charge >= 0.3 is 0 Å². The van der Waals surface area contributed by atoms with Gasteiger partial charge in [-0.05, 0) is 19.3 Å². The van der Waals surface area contributed by atoms with E-state index < -0.39 is 0 Å². The molecule has 2 fully saturated rings. The van der Waals surface area contributed by atoms with E-state index in [0.717, 1.165) is 26.1 Å². The fraction of sp³-hybridized carbons (Fsp3) is 0.667. The third kappa shape index (κ3) is 1.65. The van der Waals surface area contributed by atoms with Gasteiger partial charge in [0.05, 0.1) is 5.69 Å². The van der Waals surface area contributed by atoms with Crippen molar-refractivity contribution in [2.75, 3.05) is 19.6 Å². The van der Waals surface area contributed by atoms with Crippen LogP contribution in [0.4, 0.5) is 0 Å². The second-order valence-corrected chi connectivity index (χ2v) is 4.92. The number of likely N-dealkylation sites (tertiary alicyclic amines) is 1. The van der Waals surface area contributed by atoms with Crippen LogP contribution in [0.3, 0.4) is 0 Å². The van der Waals surface area contributed by atoms with Crippen molar-refractivity contribution < 1.29 is 9.21 Å². The lowest BCUT2D eigenvalue weighted by molar-refractivity contribution is 0.0702. The van der Waals surface area contributed by atoms with Gasteiger partial charge in [0.25, 0.3) is 5.91 Å². The molecule has 2 atom stereocenters. The molecule has 2 saturated heterocycles. The first-order chi connectivity index (χ1) is 8.16. The largest absolute Gasteiger partial charge is 0.436 e. The highest BCUT2D eigenvalue weighted by Gasteiger charge is 2.41. The summed E-state index contributed by atoms with van der Waals surface area (Å²) in [4.78, 5) is 18.5. The summed E-state index contributed by atoms with van der Waals surface area (Å²) in [6.45, 7) is 6.37. The Hall–Kier alpha value is -1.36. The summed E-state index contributed by atoms with van der Waals surface area (Å²) in [7, 11) is 0. The lowest BCUT2D eigenvalue weighted by Gasteiger charge is -2.22. The molecule has 5 nitrogen and oxygen atoms in total. The SMILES string of the molecule is Cc1nc(C)c(C(=O)N2CC[C@H]3CNC[C@H]32)o1. The van der Waals surface area contributed by atoms with Crippen LogP contribution in [0, 0.1) is 19.8 Å². The van der Waals surface area contributed by atoms with E-state index in [1.165, 1.54) is 0 Å². The Balaban J connectivity index is 1.85. The van der Waals surface area contributed by atoms with Crippen LogP contribution in [0.15, 0.2) is 4.42 Å². The average molecular weight is 235 g/mol. The standard InChI is InChI=1S/C12H17N3O2/c1-7-11(17-8(2)14-7)12(16)15-4-3-9-5-13-6-10(9)15/h9-10,13H,3-6H2,1-2H3/t9-,10+/m0/s1. The summed E-state index contributed by atoms with van der Waals surface area (Å²) in [6, 6.07) is 0.340. The number of fused-ring (bicyclic) bond motifs is 1. The zero-order chi connectivity index (χ0) is 12.0. The molecule has 17 heavy (non-hydrogen) atoms. The van der Waals surface area contributed by atoms with Gasteiger partial charge in [-0.15, -0.1) is 0 Å². The molecule has 0 aromatic carbocycles. The first kappa shape index (κ1) is 10.8. The number of aryl methyl sites for hydroxylation is 2. The Morgan fingerprint density at radius 1 is 1.47 bits per heavy atom. The zero-order valence-electron chi connectivity index (χ0n) is 10.2. The molecule has 5 heteroatoms. The molecule has 92 valence electrons. The van der Waals surface area contributed by atoms with Crippen LogP contribution in [0.25, 0.3) is 0 Å². The number of nitrogens with zero attached hydrogens (tertiary/aromatic N) is 2. The highest BCUT2D eigenvalue weighted by Crippen LogP contribution is 2.29. The number of carbonyl (C=O) groups is 1. The maximum Gasteiger partial charge on any atom is 0.291 e. The minimum atomic E-state index is -0.000648. The van der Waals surface area contributed by atoms with Gasteiger partial charge in [0, 0.05) is 32.6 Å². The number of oxazole rings is 1. The van der Waals surface area contributed by atoms with Gasteiger partial charge in [0.2, 0.25) is 5.76 Å². The van der Waals surface area contributed by atoms with Crippen LogP contribution in [-0.4, -0.2) is 41.5 Å². The van der Waals surface area contributed by atoms with Gasteiger partial charge in [0.1, 0.15) is 0 Å². The fourth-order valence-electron chi connectivity index (χ4n) is 2.96. The Bertz CT molecular complexity index is 455. The summed E-state index contributed by atoms with van der Waals surface area (Å²) in [5.41, 5.74) is 0.696. The van der Waals surface area contributed by atoms with Gasteiger partial charge in [0.15, 0.2) is 5.89 Å². The van der Waals surface area contributed by atoms with Crippen LogP contribution < -0.4 is 5.32 Å². The van der Waals surface area contributed by atoms with E-state index in [1.54, 1.807) is 6.92 Å². The predicted molar refractivity (Wildman–Crippen MR) is 61.8 cm³/mol. The van der Waals surface area contributed by atoms with Crippen LogP contribution in [0.1, 0.15) is 28.6 Å². The smallest absolute Gasteiger partial charge is 0.291 e. The number of nitrogens with one attached hydrogen (secondary N) is 1. The van der Waals surface area contributed by atoms with E-state index in [1.807, 2.05) is 11.8 Å². The summed E-state index contributed by atoms with van der Waals surface area (Å²) >= 11 is 0. The third-order valence-corrected chi connectivity index (χ3v) is 3.80. The van der Waals surface area contributed by atoms with Crippen LogP contribution in [0.5, 0.6) is 0 Å².